The predicted octanol–water partition coefficient (Wildman–Crippen LogP) is 2.80. The number of halogens is 2. The maximum Gasteiger partial charge on any atom is 0.257 e. The number of amides is 2. The van der Waals surface area contributed by atoms with Crippen LogP contribution in [0.5, 0.6) is 0 Å². The summed E-state index contributed by atoms with van der Waals surface area (Å²) in [4.78, 5) is 28.0. The van der Waals surface area contributed by atoms with E-state index in [9.17, 15) is 18.4 Å². The van der Waals surface area contributed by atoms with E-state index in [1.807, 2.05) is 31.2 Å². The van der Waals surface area contributed by atoms with Gasteiger partial charge in [-0.1, -0.05) is 24.3 Å². The Hall–Kier alpha value is -2.76. The molecule has 0 aromatic heterocycles. The molecule has 1 fully saturated rings. The molecule has 1 aliphatic rings. The van der Waals surface area contributed by atoms with Crippen LogP contribution < -0.4 is 0 Å². The fourth-order valence-corrected chi connectivity index (χ4v) is 3.07. The summed E-state index contributed by atoms with van der Waals surface area (Å²) in [6.45, 7) is 3.33. The van der Waals surface area contributed by atoms with Crippen molar-refractivity contribution in [3.05, 3.63) is 70.8 Å². The Kier molecular flexibility index (Phi) is 5.30. The lowest BCUT2D eigenvalue weighted by Crippen LogP contribution is -2.51. The molecule has 0 radical (unpaired) electrons. The lowest BCUT2D eigenvalue weighted by atomic mass is 10.1. The van der Waals surface area contributed by atoms with Crippen molar-refractivity contribution >= 4 is 11.8 Å². The van der Waals surface area contributed by atoms with E-state index in [-0.39, 0.29) is 11.5 Å². The van der Waals surface area contributed by atoms with Gasteiger partial charge in [-0.3, -0.25) is 9.59 Å². The third-order valence-electron chi connectivity index (χ3n) is 4.68. The predicted molar refractivity (Wildman–Crippen MR) is 93.7 cm³/mol. The van der Waals surface area contributed by atoms with Gasteiger partial charge in [-0.25, -0.2) is 8.78 Å². The lowest BCUT2D eigenvalue weighted by Gasteiger charge is -2.35. The molecule has 3 rings (SSSR count). The van der Waals surface area contributed by atoms with Crippen LogP contribution in [0.4, 0.5) is 8.78 Å². The zero-order chi connectivity index (χ0) is 18.7. The Morgan fingerprint density at radius 1 is 0.962 bits per heavy atom. The highest BCUT2D eigenvalue weighted by molar-refractivity contribution is 5.94. The smallest absolute Gasteiger partial charge is 0.257 e. The van der Waals surface area contributed by atoms with E-state index in [1.165, 1.54) is 4.90 Å². The standard InChI is InChI=1S/C20H20F2N2O2/c1-14-4-2-3-5-15(14)12-19(25)23-8-10-24(11-9-23)20(26)17-13-16(21)6-7-18(17)22/h2-7,13H,8-12H2,1H3. The van der Waals surface area contributed by atoms with Gasteiger partial charge in [-0.05, 0) is 36.2 Å². The summed E-state index contributed by atoms with van der Waals surface area (Å²) >= 11 is 0. The van der Waals surface area contributed by atoms with Gasteiger partial charge in [0.05, 0.1) is 12.0 Å². The molecule has 0 bridgehead atoms. The number of carbonyl (C=O) groups is 2. The highest BCUT2D eigenvalue weighted by Gasteiger charge is 2.26. The third-order valence-corrected chi connectivity index (χ3v) is 4.68. The molecule has 136 valence electrons. The average molecular weight is 358 g/mol. The summed E-state index contributed by atoms with van der Waals surface area (Å²) in [5, 5.41) is 0. The minimum Gasteiger partial charge on any atom is -0.339 e. The first kappa shape index (κ1) is 18.0. The molecular weight excluding hydrogens is 338 g/mol. The van der Waals surface area contributed by atoms with Crippen LogP contribution in [0.1, 0.15) is 21.5 Å². The van der Waals surface area contributed by atoms with Crippen molar-refractivity contribution < 1.29 is 18.4 Å². The number of hydrogen-bond acceptors (Lipinski definition) is 2. The molecule has 0 atom stereocenters. The van der Waals surface area contributed by atoms with Crippen molar-refractivity contribution in [1.82, 2.24) is 9.80 Å². The summed E-state index contributed by atoms with van der Waals surface area (Å²) in [5.41, 5.74) is 1.78. The minimum atomic E-state index is -0.741. The van der Waals surface area contributed by atoms with E-state index in [0.717, 1.165) is 29.3 Å². The summed E-state index contributed by atoms with van der Waals surface area (Å²) < 4.78 is 27.1. The molecule has 6 heteroatoms. The van der Waals surface area contributed by atoms with Crippen molar-refractivity contribution in [3.63, 3.8) is 0 Å². The summed E-state index contributed by atoms with van der Waals surface area (Å²) in [6.07, 6.45) is 0.319. The van der Waals surface area contributed by atoms with E-state index in [1.54, 1.807) is 4.90 Å². The van der Waals surface area contributed by atoms with Crippen LogP contribution in [-0.2, 0) is 11.2 Å². The third kappa shape index (κ3) is 3.90. The number of rotatable bonds is 3. The summed E-state index contributed by atoms with van der Waals surface area (Å²) in [7, 11) is 0. The maximum atomic E-state index is 13.8. The van der Waals surface area contributed by atoms with E-state index < -0.39 is 17.5 Å². The van der Waals surface area contributed by atoms with Crippen molar-refractivity contribution in [2.45, 2.75) is 13.3 Å². The fraction of sp³-hybridized carbons (Fsp3) is 0.300. The fourth-order valence-electron chi connectivity index (χ4n) is 3.07. The van der Waals surface area contributed by atoms with E-state index in [4.69, 9.17) is 0 Å². The van der Waals surface area contributed by atoms with Gasteiger partial charge in [-0.15, -0.1) is 0 Å². The molecule has 2 aromatic rings. The zero-order valence-corrected chi connectivity index (χ0v) is 14.5. The van der Waals surface area contributed by atoms with Crippen LogP contribution in [0.2, 0.25) is 0 Å². The number of aryl methyl sites for hydroxylation is 1. The Labute approximate surface area is 151 Å². The number of carbonyl (C=O) groups excluding carboxylic acids is 2. The quantitative estimate of drug-likeness (QED) is 0.847. The number of piperazine rings is 1. The largest absolute Gasteiger partial charge is 0.339 e. The van der Waals surface area contributed by atoms with Gasteiger partial charge >= 0.3 is 0 Å². The van der Waals surface area contributed by atoms with E-state index in [2.05, 4.69) is 0 Å². The lowest BCUT2D eigenvalue weighted by molar-refractivity contribution is -0.131. The van der Waals surface area contributed by atoms with Gasteiger partial charge in [0.15, 0.2) is 0 Å². The molecular formula is C20H20F2N2O2. The highest BCUT2D eigenvalue weighted by atomic mass is 19.1. The van der Waals surface area contributed by atoms with Gasteiger partial charge in [0.1, 0.15) is 11.6 Å². The maximum absolute atomic E-state index is 13.8. The van der Waals surface area contributed by atoms with Crippen molar-refractivity contribution in [3.8, 4) is 0 Å². The Morgan fingerprint density at radius 2 is 1.62 bits per heavy atom. The average Bonchev–Trinajstić information content (AvgIpc) is 2.65. The first-order chi connectivity index (χ1) is 12.5. The molecule has 0 aliphatic carbocycles. The second-order valence-electron chi connectivity index (χ2n) is 6.40. The summed E-state index contributed by atoms with van der Waals surface area (Å²) in [5.74, 6) is -1.94. The van der Waals surface area contributed by atoms with Crippen molar-refractivity contribution in [2.75, 3.05) is 26.2 Å². The first-order valence-corrected chi connectivity index (χ1v) is 8.52. The van der Waals surface area contributed by atoms with Gasteiger partial charge in [0.2, 0.25) is 5.91 Å². The van der Waals surface area contributed by atoms with Crippen LogP contribution in [0, 0.1) is 18.6 Å². The van der Waals surface area contributed by atoms with Crippen LogP contribution in [0.15, 0.2) is 42.5 Å². The highest BCUT2D eigenvalue weighted by Crippen LogP contribution is 2.15. The molecule has 2 amide bonds. The topological polar surface area (TPSA) is 40.6 Å². The molecule has 1 saturated heterocycles. The summed E-state index contributed by atoms with van der Waals surface area (Å²) in [6, 6.07) is 10.6. The van der Waals surface area contributed by atoms with Gasteiger partial charge in [0.25, 0.3) is 5.91 Å². The number of benzene rings is 2. The Balaban J connectivity index is 1.60. The second kappa shape index (κ2) is 7.64. The zero-order valence-electron chi connectivity index (χ0n) is 14.5. The van der Waals surface area contributed by atoms with Crippen LogP contribution in [-0.4, -0.2) is 47.8 Å². The Morgan fingerprint density at radius 3 is 2.31 bits per heavy atom. The molecule has 4 nitrogen and oxygen atoms in total. The number of hydrogen-bond donors (Lipinski definition) is 0. The van der Waals surface area contributed by atoms with Crippen molar-refractivity contribution in [2.24, 2.45) is 0 Å². The SMILES string of the molecule is Cc1ccccc1CC(=O)N1CCN(C(=O)c2cc(F)ccc2F)CC1. The van der Waals surface area contributed by atoms with Gasteiger partial charge < -0.3 is 9.80 Å². The molecule has 1 heterocycles. The monoisotopic (exact) mass is 358 g/mol. The normalized spacial score (nSPS) is 14.4. The molecule has 26 heavy (non-hydrogen) atoms. The second-order valence-corrected chi connectivity index (χ2v) is 6.40. The Bertz CT molecular complexity index is 830. The van der Waals surface area contributed by atoms with Crippen LogP contribution in [0.25, 0.3) is 0 Å². The molecule has 0 unspecified atom stereocenters. The number of nitrogens with zero attached hydrogens (tertiary/aromatic N) is 2. The molecule has 0 spiro atoms. The van der Waals surface area contributed by atoms with Crippen LogP contribution >= 0.6 is 0 Å². The molecule has 0 N–H and O–H groups in total. The van der Waals surface area contributed by atoms with E-state index >= 15 is 0 Å². The molecule has 0 saturated carbocycles. The molecule has 1 aliphatic heterocycles. The van der Waals surface area contributed by atoms with E-state index in [0.29, 0.717) is 32.6 Å². The van der Waals surface area contributed by atoms with Gasteiger partial charge in [-0.2, -0.15) is 0 Å². The molecule has 2 aromatic carbocycles. The van der Waals surface area contributed by atoms with Crippen molar-refractivity contribution in [1.29, 1.82) is 0 Å². The first-order valence-electron chi connectivity index (χ1n) is 8.52. The van der Waals surface area contributed by atoms with Crippen LogP contribution in [0.3, 0.4) is 0 Å². The minimum absolute atomic E-state index is 0.00309. The van der Waals surface area contributed by atoms with Gasteiger partial charge in [0, 0.05) is 26.2 Å².